The molecule has 2 aliphatic heterocycles. The molecule has 2 heterocycles. The lowest BCUT2D eigenvalue weighted by Crippen LogP contribution is -2.48. The maximum atomic E-state index is 13.9. The topological polar surface area (TPSA) is 102 Å². The zero-order chi connectivity index (χ0) is 23.3. The number of nitrogens with zero attached hydrogens (tertiary/aromatic N) is 1. The lowest BCUT2D eigenvalue weighted by atomic mass is 9.71. The molecule has 0 unspecified atom stereocenters. The molecule has 1 fully saturated rings. The van der Waals surface area contributed by atoms with E-state index < -0.39 is 40.9 Å². The van der Waals surface area contributed by atoms with Gasteiger partial charge in [0.05, 0.1) is 25.3 Å². The Bertz CT molecular complexity index is 1100. The summed E-state index contributed by atoms with van der Waals surface area (Å²) in [5, 5.41) is 11.2. The average Bonchev–Trinajstić information content (AvgIpc) is 3.16. The van der Waals surface area contributed by atoms with Crippen LogP contribution in [0, 0.1) is 11.8 Å². The first-order valence-corrected chi connectivity index (χ1v) is 10.3. The van der Waals surface area contributed by atoms with Crippen LogP contribution in [0.2, 0.25) is 0 Å². The zero-order valence-electron chi connectivity index (χ0n) is 18.3. The highest BCUT2D eigenvalue weighted by atomic mass is 16.7. The van der Waals surface area contributed by atoms with Crippen molar-refractivity contribution in [3.8, 4) is 5.75 Å². The smallest absolute Gasteiger partial charge is 0.315 e. The Hall–Kier alpha value is -3.23. The van der Waals surface area contributed by atoms with Crippen molar-refractivity contribution in [2.24, 2.45) is 11.8 Å². The largest absolute Gasteiger partial charge is 0.497 e. The van der Waals surface area contributed by atoms with E-state index in [9.17, 15) is 19.5 Å². The predicted molar refractivity (Wildman–Crippen MR) is 114 cm³/mol. The van der Waals surface area contributed by atoms with Crippen molar-refractivity contribution < 1.29 is 33.7 Å². The molecule has 2 aliphatic rings. The molecular formula is C24H25NO7. The Morgan fingerprint density at radius 3 is 2.56 bits per heavy atom. The van der Waals surface area contributed by atoms with Crippen molar-refractivity contribution in [1.29, 1.82) is 0 Å². The number of ketones is 1. The van der Waals surface area contributed by atoms with Gasteiger partial charge in [-0.25, -0.2) is 0 Å². The summed E-state index contributed by atoms with van der Waals surface area (Å²) in [7, 11) is 3.04. The number of benzene rings is 2. The van der Waals surface area contributed by atoms with Crippen molar-refractivity contribution in [2.45, 2.75) is 25.2 Å². The molecular weight excluding hydrogens is 414 g/mol. The van der Waals surface area contributed by atoms with E-state index >= 15 is 0 Å². The first-order chi connectivity index (χ1) is 15.2. The number of hydrogen-bond acceptors (Lipinski definition) is 7. The second kappa shape index (κ2) is 7.72. The second-order valence-corrected chi connectivity index (χ2v) is 8.08. The number of methoxy groups -OCH3 is 1. The predicted octanol–water partition coefficient (Wildman–Crippen LogP) is 2.28. The molecule has 1 amide bonds. The SMILES string of the molecule is CCOC(=O)[C@H]1[C@H](C(=O)c2cccc(OC)c2)[C@]2(O[C@]1(C)O)C(=O)N(C)c1ccccc12. The summed E-state index contributed by atoms with van der Waals surface area (Å²) in [6, 6.07) is 13.3. The third-order valence-corrected chi connectivity index (χ3v) is 6.18. The maximum absolute atomic E-state index is 13.9. The van der Waals surface area contributed by atoms with Crippen molar-refractivity contribution >= 4 is 23.3 Å². The number of fused-ring (bicyclic) bond motifs is 2. The van der Waals surface area contributed by atoms with Crippen LogP contribution < -0.4 is 9.64 Å². The van der Waals surface area contributed by atoms with Crippen LogP contribution in [0.3, 0.4) is 0 Å². The van der Waals surface area contributed by atoms with Crippen LogP contribution in [-0.2, 0) is 24.7 Å². The summed E-state index contributed by atoms with van der Waals surface area (Å²) in [5.74, 6) is -6.34. The van der Waals surface area contributed by atoms with Gasteiger partial charge in [-0.05, 0) is 32.0 Å². The van der Waals surface area contributed by atoms with Gasteiger partial charge in [-0.3, -0.25) is 14.4 Å². The van der Waals surface area contributed by atoms with Gasteiger partial charge in [-0.1, -0.05) is 30.3 Å². The van der Waals surface area contributed by atoms with Crippen molar-refractivity contribution in [3.05, 3.63) is 59.7 Å². The fourth-order valence-electron chi connectivity index (χ4n) is 4.83. The summed E-state index contributed by atoms with van der Waals surface area (Å²) in [5.41, 5.74) is -0.696. The van der Waals surface area contributed by atoms with Crippen LogP contribution in [0.15, 0.2) is 48.5 Å². The molecule has 0 saturated carbocycles. The van der Waals surface area contributed by atoms with Crippen LogP contribution in [0.25, 0.3) is 0 Å². The highest BCUT2D eigenvalue weighted by Crippen LogP contribution is 2.58. The van der Waals surface area contributed by atoms with E-state index in [-0.39, 0.29) is 12.2 Å². The molecule has 1 saturated heterocycles. The number of Topliss-reactive ketones (excluding diaryl/α,β-unsaturated/α-hetero) is 1. The van der Waals surface area contributed by atoms with Gasteiger partial charge in [0.25, 0.3) is 5.91 Å². The Morgan fingerprint density at radius 1 is 1.16 bits per heavy atom. The zero-order valence-corrected chi connectivity index (χ0v) is 18.3. The molecule has 8 heteroatoms. The van der Waals surface area contributed by atoms with Gasteiger partial charge in [-0.15, -0.1) is 0 Å². The van der Waals surface area contributed by atoms with Gasteiger partial charge >= 0.3 is 5.97 Å². The van der Waals surface area contributed by atoms with Gasteiger partial charge in [0.15, 0.2) is 17.2 Å². The van der Waals surface area contributed by atoms with E-state index in [1.54, 1.807) is 56.4 Å². The average molecular weight is 439 g/mol. The number of para-hydroxylation sites is 1. The quantitative estimate of drug-likeness (QED) is 0.563. The third kappa shape index (κ3) is 3.02. The van der Waals surface area contributed by atoms with Crippen LogP contribution in [0.1, 0.15) is 29.8 Å². The van der Waals surface area contributed by atoms with Gasteiger partial charge < -0.3 is 24.2 Å². The number of carbonyl (C=O) groups is 3. The van der Waals surface area contributed by atoms with E-state index in [1.807, 2.05) is 0 Å². The standard InChI is InChI=1S/C24H25NO7/c1-5-31-21(27)19-18(20(26)14-9-8-10-15(13-14)30-4)24(32-23(19,2)29)16-11-6-7-12-17(16)25(3)22(24)28/h6-13,18-19,29H,5H2,1-4H3/t18-,19-,23+,24+/m1/s1. The molecule has 0 aliphatic carbocycles. The van der Waals surface area contributed by atoms with E-state index in [2.05, 4.69) is 0 Å². The van der Waals surface area contributed by atoms with Crippen LogP contribution in [0.5, 0.6) is 5.75 Å². The lowest BCUT2D eigenvalue weighted by molar-refractivity contribution is -0.229. The third-order valence-electron chi connectivity index (χ3n) is 6.18. The number of carbonyl (C=O) groups excluding carboxylic acids is 3. The second-order valence-electron chi connectivity index (χ2n) is 8.08. The molecule has 2 aromatic carbocycles. The Morgan fingerprint density at radius 2 is 1.88 bits per heavy atom. The summed E-state index contributed by atoms with van der Waals surface area (Å²) in [4.78, 5) is 41.9. The fourth-order valence-corrected chi connectivity index (χ4v) is 4.83. The van der Waals surface area contributed by atoms with E-state index in [4.69, 9.17) is 14.2 Å². The van der Waals surface area contributed by atoms with Crippen LogP contribution >= 0.6 is 0 Å². The number of hydrogen-bond donors (Lipinski definition) is 1. The number of likely N-dealkylation sites (N-methyl/N-ethyl adjacent to an activating group) is 1. The van der Waals surface area contributed by atoms with E-state index in [1.165, 1.54) is 25.0 Å². The Labute approximate surface area is 185 Å². The molecule has 32 heavy (non-hydrogen) atoms. The van der Waals surface area contributed by atoms with Gasteiger partial charge in [0.1, 0.15) is 11.7 Å². The number of aliphatic hydroxyl groups is 1. The molecule has 4 rings (SSSR count). The minimum atomic E-state index is -2.13. The highest BCUT2D eigenvalue weighted by Gasteiger charge is 2.72. The molecule has 1 N–H and O–H groups in total. The molecule has 168 valence electrons. The highest BCUT2D eigenvalue weighted by molar-refractivity contribution is 6.13. The number of rotatable bonds is 5. The maximum Gasteiger partial charge on any atom is 0.315 e. The number of anilines is 1. The fraction of sp³-hybridized carbons (Fsp3) is 0.375. The van der Waals surface area contributed by atoms with E-state index in [0.29, 0.717) is 17.0 Å². The van der Waals surface area contributed by atoms with Gasteiger partial charge in [0.2, 0.25) is 0 Å². The van der Waals surface area contributed by atoms with Crippen LogP contribution in [-0.4, -0.2) is 49.3 Å². The minimum Gasteiger partial charge on any atom is -0.497 e. The summed E-state index contributed by atoms with van der Waals surface area (Å²) in [6.07, 6.45) is 0. The molecule has 4 atom stereocenters. The number of esters is 1. The van der Waals surface area contributed by atoms with Gasteiger partial charge in [-0.2, -0.15) is 0 Å². The number of ether oxygens (including phenoxy) is 3. The summed E-state index contributed by atoms with van der Waals surface area (Å²) < 4.78 is 16.4. The van der Waals surface area contributed by atoms with E-state index in [0.717, 1.165) is 0 Å². The molecule has 0 bridgehead atoms. The molecule has 2 aromatic rings. The van der Waals surface area contributed by atoms with Crippen molar-refractivity contribution in [2.75, 3.05) is 25.7 Å². The molecule has 0 radical (unpaired) electrons. The van der Waals surface area contributed by atoms with Crippen molar-refractivity contribution in [1.82, 2.24) is 0 Å². The molecule has 1 spiro atoms. The summed E-state index contributed by atoms with van der Waals surface area (Å²) in [6.45, 7) is 2.95. The first-order valence-electron chi connectivity index (χ1n) is 10.3. The first kappa shape index (κ1) is 22.0. The Balaban J connectivity index is 1.96. The normalized spacial score (nSPS) is 28.7. The van der Waals surface area contributed by atoms with Gasteiger partial charge in [0, 0.05) is 18.2 Å². The minimum absolute atomic E-state index is 0.0446. The monoisotopic (exact) mass is 439 g/mol. The van der Waals surface area contributed by atoms with Crippen molar-refractivity contribution in [3.63, 3.8) is 0 Å². The molecule has 0 aromatic heterocycles. The Kier molecular flexibility index (Phi) is 5.30. The van der Waals surface area contributed by atoms with Crippen LogP contribution in [0.4, 0.5) is 5.69 Å². The summed E-state index contributed by atoms with van der Waals surface area (Å²) >= 11 is 0. The number of amides is 1. The molecule has 8 nitrogen and oxygen atoms in total. The lowest BCUT2D eigenvalue weighted by Gasteiger charge is -2.29.